The van der Waals surface area contributed by atoms with Gasteiger partial charge in [-0.3, -0.25) is 0 Å². The molecule has 0 atom stereocenters. The molecule has 2 rings (SSSR count). The van der Waals surface area contributed by atoms with E-state index in [1.54, 1.807) is 0 Å². The molecule has 0 aliphatic heterocycles. The Hall–Kier alpha value is -1.54. The highest BCUT2D eigenvalue weighted by atomic mass is 79.9. The number of hydrogen-bond acceptors (Lipinski definition) is 1. The number of ether oxygens (including phenoxy) is 1. The van der Waals surface area contributed by atoms with E-state index in [0.717, 1.165) is 17.3 Å². The van der Waals surface area contributed by atoms with Crippen molar-refractivity contribution in [3.8, 4) is 0 Å². The normalized spacial score (nSPS) is 10.3. The summed E-state index contributed by atoms with van der Waals surface area (Å²) >= 11 is 3.53. The Morgan fingerprint density at radius 3 is 2.50 bits per heavy atom. The van der Waals surface area contributed by atoms with Crippen LogP contribution < -0.4 is 0 Å². The Morgan fingerprint density at radius 1 is 1.10 bits per heavy atom. The van der Waals surface area contributed by atoms with Crippen LogP contribution in [0.15, 0.2) is 59.8 Å². The Balaban J connectivity index is 2.03. The molecule has 0 amide bonds. The molecule has 0 aliphatic carbocycles. The van der Waals surface area contributed by atoms with Gasteiger partial charge in [-0.2, -0.15) is 0 Å². The first-order chi connectivity index (χ1) is 9.69. The average Bonchev–Trinajstić information content (AvgIpc) is 2.45. The second-order valence-corrected chi connectivity index (χ2v) is 5.77. The van der Waals surface area contributed by atoms with Crippen LogP contribution in [0, 0.1) is 6.92 Å². The highest BCUT2D eigenvalue weighted by molar-refractivity contribution is 9.10. The molecule has 0 aliphatic rings. The second kappa shape index (κ2) is 7.30. The van der Waals surface area contributed by atoms with E-state index in [9.17, 15) is 0 Å². The quantitative estimate of drug-likeness (QED) is 0.532. The van der Waals surface area contributed by atoms with E-state index >= 15 is 0 Å². The predicted molar refractivity (Wildman–Crippen MR) is 88.0 cm³/mol. The Kier molecular flexibility index (Phi) is 5.42. The van der Waals surface area contributed by atoms with Gasteiger partial charge in [-0.1, -0.05) is 52.8 Å². The van der Waals surface area contributed by atoms with Gasteiger partial charge in [-0.15, -0.1) is 0 Å². The van der Waals surface area contributed by atoms with Crippen molar-refractivity contribution >= 4 is 15.9 Å². The second-order valence-electron chi connectivity index (χ2n) is 4.85. The monoisotopic (exact) mass is 330 g/mol. The van der Waals surface area contributed by atoms with Crippen molar-refractivity contribution in [2.45, 2.75) is 19.8 Å². The van der Waals surface area contributed by atoms with Gasteiger partial charge >= 0.3 is 0 Å². The van der Waals surface area contributed by atoms with Gasteiger partial charge < -0.3 is 4.74 Å². The molecule has 20 heavy (non-hydrogen) atoms. The van der Waals surface area contributed by atoms with E-state index in [1.165, 1.54) is 28.5 Å². The lowest BCUT2D eigenvalue weighted by atomic mass is 9.99. The fourth-order valence-corrected chi connectivity index (χ4v) is 2.54. The molecule has 0 saturated heterocycles. The van der Waals surface area contributed by atoms with E-state index in [-0.39, 0.29) is 0 Å². The maximum atomic E-state index is 5.15. The van der Waals surface area contributed by atoms with Crippen molar-refractivity contribution in [3.05, 3.63) is 82.0 Å². The summed E-state index contributed by atoms with van der Waals surface area (Å²) in [7, 11) is 0. The topological polar surface area (TPSA) is 9.23 Å². The molecule has 0 bridgehead atoms. The highest BCUT2D eigenvalue weighted by Crippen LogP contribution is 2.19. The molecular weight excluding hydrogens is 312 g/mol. The third-order valence-corrected chi connectivity index (χ3v) is 3.85. The van der Waals surface area contributed by atoms with Gasteiger partial charge in [0.05, 0.1) is 12.9 Å². The van der Waals surface area contributed by atoms with Gasteiger partial charge in [0.2, 0.25) is 0 Å². The molecule has 0 N–H and O–H groups in total. The SMILES string of the molecule is C=COCCc1ccc(Cc2cc(Br)ccc2C)cc1. The van der Waals surface area contributed by atoms with Gasteiger partial charge in [0.15, 0.2) is 0 Å². The smallest absolute Gasteiger partial charge is 0.0913 e. The van der Waals surface area contributed by atoms with Gasteiger partial charge in [-0.25, -0.2) is 0 Å². The molecule has 0 unspecified atom stereocenters. The molecule has 0 saturated carbocycles. The van der Waals surface area contributed by atoms with E-state index in [4.69, 9.17) is 4.74 Å². The zero-order chi connectivity index (χ0) is 14.4. The van der Waals surface area contributed by atoms with Crippen molar-refractivity contribution in [1.82, 2.24) is 0 Å². The lowest BCUT2D eigenvalue weighted by Crippen LogP contribution is -1.95. The van der Waals surface area contributed by atoms with E-state index in [2.05, 4.69) is 71.9 Å². The Bertz CT molecular complexity index is 572. The van der Waals surface area contributed by atoms with Crippen LogP contribution in [0.25, 0.3) is 0 Å². The summed E-state index contributed by atoms with van der Waals surface area (Å²) in [6.07, 6.45) is 3.38. The summed E-state index contributed by atoms with van der Waals surface area (Å²) in [6, 6.07) is 15.2. The van der Waals surface area contributed by atoms with Gasteiger partial charge in [0, 0.05) is 10.9 Å². The fraction of sp³-hybridized carbons (Fsp3) is 0.222. The van der Waals surface area contributed by atoms with Crippen molar-refractivity contribution in [1.29, 1.82) is 0 Å². The first-order valence-corrected chi connectivity index (χ1v) is 7.53. The molecule has 2 heteroatoms. The summed E-state index contributed by atoms with van der Waals surface area (Å²) in [4.78, 5) is 0. The maximum absolute atomic E-state index is 5.15. The summed E-state index contributed by atoms with van der Waals surface area (Å²) in [6.45, 7) is 6.39. The van der Waals surface area contributed by atoms with Crippen LogP contribution in [-0.2, 0) is 17.6 Å². The summed E-state index contributed by atoms with van der Waals surface area (Å²) in [5.41, 5.74) is 5.32. The predicted octanol–water partition coefficient (Wildman–Crippen LogP) is 5.05. The van der Waals surface area contributed by atoms with Crippen LogP contribution in [0.3, 0.4) is 0 Å². The number of benzene rings is 2. The van der Waals surface area contributed by atoms with Crippen LogP contribution in [0.4, 0.5) is 0 Å². The van der Waals surface area contributed by atoms with Crippen LogP contribution >= 0.6 is 15.9 Å². The molecule has 0 spiro atoms. The highest BCUT2D eigenvalue weighted by Gasteiger charge is 2.02. The molecule has 0 fully saturated rings. The third-order valence-electron chi connectivity index (χ3n) is 3.36. The summed E-state index contributed by atoms with van der Waals surface area (Å²) in [5.74, 6) is 0. The zero-order valence-electron chi connectivity index (χ0n) is 11.7. The zero-order valence-corrected chi connectivity index (χ0v) is 13.3. The summed E-state index contributed by atoms with van der Waals surface area (Å²) in [5, 5.41) is 0. The molecular formula is C18H19BrO. The lowest BCUT2D eigenvalue weighted by molar-refractivity contribution is 0.255. The van der Waals surface area contributed by atoms with Crippen molar-refractivity contribution < 1.29 is 4.74 Å². The minimum atomic E-state index is 0.688. The Labute approximate surface area is 129 Å². The molecule has 104 valence electrons. The number of hydrogen-bond donors (Lipinski definition) is 0. The van der Waals surface area contributed by atoms with Crippen molar-refractivity contribution in [3.63, 3.8) is 0 Å². The molecule has 0 radical (unpaired) electrons. The van der Waals surface area contributed by atoms with Crippen LogP contribution in [0.2, 0.25) is 0 Å². The van der Waals surface area contributed by atoms with Gasteiger partial charge in [0.25, 0.3) is 0 Å². The standard InChI is InChI=1S/C18H19BrO/c1-3-20-11-10-15-5-7-16(8-6-15)12-17-13-18(19)9-4-14(17)2/h3-9,13H,1,10-12H2,2H3. The van der Waals surface area contributed by atoms with Crippen LogP contribution in [0.5, 0.6) is 0 Å². The first-order valence-electron chi connectivity index (χ1n) is 6.74. The fourth-order valence-electron chi connectivity index (χ4n) is 2.13. The number of rotatable bonds is 6. The third kappa shape index (κ3) is 4.24. The minimum Gasteiger partial charge on any atom is -0.501 e. The van der Waals surface area contributed by atoms with E-state index in [0.29, 0.717) is 6.61 Å². The molecule has 0 aromatic heterocycles. The molecule has 2 aromatic rings. The number of aryl methyl sites for hydroxylation is 1. The first kappa shape index (κ1) is 14.9. The van der Waals surface area contributed by atoms with Gasteiger partial charge in [0.1, 0.15) is 0 Å². The van der Waals surface area contributed by atoms with Gasteiger partial charge in [-0.05, 0) is 47.7 Å². The van der Waals surface area contributed by atoms with E-state index < -0.39 is 0 Å². The maximum Gasteiger partial charge on any atom is 0.0913 e. The molecule has 2 aromatic carbocycles. The van der Waals surface area contributed by atoms with Crippen molar-refractivity contribution in [2.75, 3.05) is 6.61 Å². The lowest BCUT2D eigenvalue weighted by Gasteiger charge is -2.08. The Morgan fingerprint density at radius 2 is 1.80 bits per heavy atom. The van der Waals surface area contributed by atoms with Crippen molar-refractivity contribution in [2.24, 2.45) is 0 Å². The average molecular weight is 331 g/mol. The molecule has 1 nitrogen and oxygen atoms in total. The summed E-state index contributed by atoms with van der Waals surface area (Å²) < 4.78 is 6.29. The largest absolute Gasteiger partial charge is 0.501 e. The number of halogens is 1. The van der Waals surface area contributed by atoms with Crippen LogP contribution in [-0.4, -0.2) is 6.61 Å². The minimum absolute atomic E-state index is 0.688. The van der Waals surface area contributed by atoms with E-state index in [1.807, 2.05) is 0 Å². The molecule has 0 heterocycles. The van der Waals surface area contributed by atoms with Crippen LogP contribution in [0.1, 0.15) is 22.3 Å².